The molecule has 2 aromatic heterocycles. The fourth-order valence-corrected chi connectivity index (χ4v) is 3.12. The number of benzene rings is 2. The fourth-order valence-electron chi connectivity index (χ4n) is 2.87. The lowest BCUT2D eigenvalue weighted by Crippen LogP contribution is -2.23. The first-order chi connectivity index (χ1) is 14.1. The van der Waals surface area contributed by atoms with Crippen LogP contribution in [0.25, 0.3) is 10.9 Å². The predicted octanol–water partition coefficient (Wildman–Crippen LogP) is 5.14. The first kappa shape index (κ1) is 18.8. The molecule has 5 nitrogen and oxygen atoms in total. The van der Waals surface area contributed by atoms with Gasteiger partial charge in [0.1, 0.15) is 28.4 Å². The van der Waals surface area contributed by atoms with Gasteiger partial charge in [0.2, 0.25) is 0 Å². The first-order valence-electron chi connectivity index (χ1n) is 8.79. The van der Waals surface area contributed by atoms with Gasteiger partial charge in [0.05, 0.1) is 11.2 Å². The van der Waals surface area contributed by atoms with Gasteiger partial charge in [0.15, 0.2) is 0 Å². The van der Waals surface area contributed by atoms with Gasteiger partial charge in [-0.3, -0.25) is 9.78 Å². The fraction of sp³-hybridized carbons (Fsp3) is 0.0455. The van der Waals surface area contributed by atoms with Crippen LogP contribution in [0.3, 0.4) is 0 Å². The minimum absolute atomic E-state index is 0.206. The molecule has 0 fully saturated rings. The van der Waals surface area contributed by atoms with E-state index < -0.39 is 5.82 Å². The second-order valence-corrected chi connectivity index (χ2v) is 6.65. The SMILES string of the molecule is O=C(NCc1cccnc1)c1c(Cl)cccc1Oc1cnc2c(F)cccc2c1. The largest absolute Gasteiger partial charge is 0.455 e. The molecule has 0 spiro atoms. The normalized spacial score (nSPS) is 10.7. The van der Waals surface area contributed by atoms with E-state index in [4.69, 9.17) is 16.3 Å². The van der Waals surface area contributed by atoms with E-state index in [-0.39, 0.29) is 27.8 Å². The Balaban J connectivity index is 1.60. The molecule has 2 heterocycles. The molecule has 0 unspecified atom stereocenters. The molecule has 0 aliphatic heterocycles. The molecule has 29 heavy (non-hydrogen) atoms. The molecule has 0 saturated heterocycles. The molecule has 0 aliphatic carbocycles. The minimum atomic E-state index is -0.410. The highest BCUT2D eigenvalue weighted by Crippen LogP contribution is 2.31. The Kier molecular flexibility index (Phi) is 5.35. The highest BCUT2D eigenvalue weighted by Gasteiger charge is 2.17. The number of nitrogens with one attached hydrogen (secondary N) is 1. The average Bonchev–Trinajstić information content (AvgIpc) is 2.73. The third-order valence-electron chi connectivity index (χ3n) is 4.24. The summed E-state index contributed by atoms with van der Waals surface area (Å²) in [7, 11) is 0. The standard InChI is InChI=1S/C22H15ClFN3O2/c23-17-6-2-8-19(20(17)22(28)27-12-14-4-3-9-25-11-14)29-16-10-15-5-1-7-18(24)21(15)26-13-16/h1-11,13H,12H2,(H,27,28). The maximum atomic E-state index is 13.8. The van der Waals surface area contributed by atoms with E-state index in [0.717, 1.165) is 5.56 Å². The Labute approximate surface area is 171 Å². The molecule has 0 bridgehead atoms. The zero-order valence-corrected chi connectivity index (χ0v) is 15.9. The van der Waals surface area contributed by atoms with Crippen molar-refractivity contribution >= 4 is 28.4 Å². The van der Waals surface area contributed by atoms with Crippen LogP contribution in [0.1, 0.15) is 15.9 Å². The summed E-state index contributed by atoms with van der Waals surface area (Å²) in [5.74, 6) is -0.146. The van der Waals surface area contributed by atoms with Gasteiger partial charge >= 0.3 is 0 Å². The quantitative estimate of drug-likeness (QED) is 0.497. The lowest BCUT2D eigenvalue weighted by atomic mass is 10.1. The van der Waals surface area contributed by atoms with Crippen molar-refractivity contribution in [3.05, 3.63) is 95.2 Å². The smallest absolute Gasteiger partial charge is 0.256 e. The summed E-state index contributed by atoms with van der Waals surface area (Å²) in [6.07, 6.45) is 4.74. The van der Waals surface area contributed by atoms with Crippen LogP contribution in [0.5, 0.6) is 11.5 Å². The van der Waals surface area contributed by atoms with E-state index in [1.165, 1.54) is 12.3 Å². The molecule has 0 atom stereocenters. The van der Waals surface area contributed by atoms with Gasteiger partial charge in [0.25, 0.3) is 5.91 Å². The number of carbonyl (C=O) groups excluding carboxylic acids is 1. The van der Waals surface area contributed by atoms with Gasteiger partial charge in [-0.05, 0) is 35.9 Å². The van der Waals surface area contributed by atoms with Crippen molar-refractivity contribution < 1.29 is 13.9 Å². The number of halogens is 2. The van der Waals surface area contributed by atoms with Crippen LogP contribution in [-0.2, 0) is 6.54 Å². The molecule has 7 heteroatoms. The number of aromatic nitrogens is 2. The summed E-state index contributed by atoms with van der Waals surface area (Å²) < 4.78 is 19.7. The molecule has 1 amide bonds. The number of para-hydroxylation sites is 1. The Morgan fingerprint density at radius 2 is 1.97 bits per heavy atom. The molecular formula is C22H15ClFN3O2. The minimum Gasteiger partial charge on any atom is -0.455 e. The maximum Gasteiger partial charge on any atom is 0.256 e. The number of hydrogen-bond acceptors (Lipinski definition) is 4. The van der Waals surface area contributed by atoms with Crippen molar-refractivity contribution in [3.63, 3.8) is 0 Å². The number of fused-ring (bicyclic) bond motifs is 1. The number of rotatable bonds is 5. The van der Waals surface area contributed by atoms with Crippen molar-refractivity contribution in [2.24, 2.45) is 0 Å². The van der Waals surface area contributed by atoms with Crippen LogP contribution in [0.4, 0.5) is 4.39 Å². The van der Waals surface area contributed by atoms with Crippen LogP contribution < -0.4 is 10.1 Å². The average molecular weight is 408 g/mol. The van der Waals surface area contributed by atoms with Gasteiger partial charge < -0.3 is 10.1 Å². The van der Waals surface area contributed by atoms with E-state index in [1.807, 2.05) is 6.07 Å². The van der Waals surface area contributed by atoms with Crippen molar-refractivity contribution in [2.75, 3.05) is 0 Å². The summed E-state index contributed by atoms with van der Waals surface area (Å²) in [5.41, 5.74) is 1.31. The zero-order chi connectivity index (χ0) is 20.2. The number of pyridine rings is 2. The summed E-state index contributed by atoms with van der Waals surface area (Å²) >= 11 is 6.27. The van der Waals surface area contributed by atoms with Crippen LogP contribution in [0, 0.1) is 5.82 Å². The summed E-state index contributed by atoms with van der Waals surface area (Å²) in [6, 6.07) is 14.9. The molecule has 0 radical (unpaired) electrons. The molecule has 0 aliphatic rings. The number of ether oxygens (including phenoxy) is 1. The molecule has 0 saturated carbocycles. The van der Waals surface area contributed by atoms with Gasteiger partial charge in [-0.25, -0.2) is 9.37 Å². The van der Waals surface area contributed by atoms with E-state index in [2.05, 4.69) is 15.3 Å². The Morgan fingerprint density at radius 3 is 2.79 bits per heavy atom. The topological polar surface area (TPSA) is 64.1 Å². The Morgan fingerprint density at radius 1 is 1.10 bits per heavy atom. The molecule has 2 aromatic carbocycles. The van der Waals surface area contributed by atoms with Crippen LogP contribution in [-0.4, -0.2) is 15.9 Å². The zero-order valence-electron chi connectivity index (χ0n) is 15.1. The van der Waals surface area contributed by atoms with Crippen molar-refractivity contribution in [3.8, 4) is 11.5 Å². The van der Waals surface area contributed by atoms with E-state index in [0.29, 0.717) is 17.7 Å². The Bertz CT molecular complexity index is 1190. The van der Waals surface area contributed by atoms with Gasteiger partial charge in [-0.15, -0.1) is 0 Å². The van der Waals surface area contributed by atoms with Crippen molar-refractivity contribution in [1.82, 2.24) is 15.3 Å². The predicted molar refractivity (Wildman–Crippen MR) is 109 cm³/mol. The molecule has 1 N–H and O–H groups in total. The lowest BCUT2D eigenvalue weighted by Gasteiger charge is -2.13. The third-order valence-corrected chi connectivity index (χ3v) is 4.56. The maximum absolute atomic E-state index is 13.8. The van der Waals surface area contributed by atoms with Crippen LogP contribution >= 0.6 is 11.6 Å². The van der Waals surface area contributed by atoms with E-state index in [9.17, 15) is 9.18 Å². The van der Waals surface area contributed by atoms with Gasteiger partial charge in [-0.1, -0.05) is 35.9 Å². The Hall–Kier alpha value is -3.51. The lowest BCUT2D eigenvalue weighted by molar-refractivity contribution is 0.0948. The number of nitrogens with zero attached hydrogens (tertiary/aromatic N) is 2. The van der Waals surface area contributed by atoms with Crippen LogP contribution in [0.2, 0.25) is 5.02 Å². The molecule has 4 rings (SSSR count). The third kappa shape index (κ3) is 4.17. The number of hydrogen-bond donors (Lipinski definition) is 1. The van der Waals surface area contributed by atoms with Crippen molar-refractivity contribution in [2.45, 2.75) is 6.54 Å². The van der Waals surface area contributed by atoms with E-state index in [1.54, 1.807) is 54.9 Å². The highest BCUT2D eigenvalue weighted by molar-refractivity contribution is 6.34. The summed E-state index contributed by atoms with van der Waals surface area (Å²) in [4.78, 5) is 20.9. The number of amides is 1. The van der Waals surface area contributed by atoms with E-state index >= 15 is 0 Å². The number of carbonyl (C=O) groups is 1. The summed E-state index contributed by atoms with van der Waals surface area (Å²) in [6.45, 7) is 0.300. The second kappa shape index (κ2) is 8.24. The first-order valence-corrected chi connectivity index (χ1v) is 9.17. The van der Waals surface area contributed by atoms with Crippen LogP contribution in [0.15, 0.2) is 73.2 Å². The molecular weight excluding hydrogens is 393 g/mol. The second-order valence-electron chi connectivity index (χ2n) is 6.24. The van der Waals surface area contributed by atoms with Gasteiger partial charge in [-0.2, -0.15) is 0 Å². The van der Waals surface area contributed by atoms with Gasteiger partial charge in [0, 0.05) is 24.3 Å². The summed E-state index contributed by atoms with van der Waals surface area (Å²) in [5, 5.41) is 3.66. The molecule has 4 aromatic rings. The highest BCUT2D eigenvalue weighted by atomic mass is 35.5. The van der Waals surface area contributed by atoms with Crippen molar-refractivity contribution in [1.29, 1.82) is 0 Å². The molecule has 144 valence electrons. The monoisotopic (exact) mass is 407 g/mol.